The average Bonchev–Trinajstić information content (AvgIpc) is 3.39. The first-order valence-electron chi connectivity index (χ1n) is 9.81. The molecule has 0 aliphatic carbocycles. The number of likely N-dealkylation sites (N-methyl/N-ethyl adjacent to an activating group) is 1. The second kappa shape index (κ2) is 8.55. The summed E-state index contributed by atoms with van der Waals surface area (Å²) in [5.74, 6) is -0.176. The summed E-state index contributed by atoms with van der Waals surface area (Å²) >= 11 is 1.44. The third-order valence-corrected chi connectivity index (χ3v) is 5.76. The molecule has 0 radical (unpaired) electrons. The summed E-state index contributed by atoms with van der Waals surface area (Å²) in [6.45, 7) is 2.52. The number of nitrogens with zero attached hydrogens (tertiary/aromatic N) is 2. The van der Waals surface area contributed by atoms with Crippen molar-refractivity contribution in [3.05, 3.63) is 82.7 Å². The van der Waals surface area contributed by atoms with Crippen molar-refractivity contribution < 1.29 is 14.3 Å². The van der Waals surface area contributed by atoms with Gasteiger partial charge in [0.2, 0.25) is 0 Å². The first kappa shape index (κ1) is 19.9. The van der Waals surface area contributed by atoms with Crippen molar-refractivity contribution in [1.82, 2.24) is 0 Å². The Morgan fingerprint density at radius 3 is 2.37 bits per heavy atom. The Morgan fingerprint density at radius 2 is 1.67 bits per heavy atom. The van der Waals surface area contributed by atoms with Crippen molar-refractivity contribution in [3.8, 4) is 5.75 Å². The maximum atomic E-state index is 13.6. The van der Waals surface area contributed by atoms with Gasteiger partial charge >= 0.3 is 0 Å². The van der Waals surface area contributed by atoms with Gasteiger partial charge in [-0.2, -0.15) is 0 Å². The van der Waals surface area contributed by atoms with Crippen LogP contribution in [-0.2, 0) is 9.59 Å². The van der Waals surface area contributed by atoms with Gasteiger partial charge in [0.15, 0.2) is 0 Å². The van der Waals surface area contributed by atoms with Crippen LogP contribution in [0.2, 0.25) is 0 Å². The van der Waals surface area contributed by atoms with Gasteiger partial charge < -0.3 is 9.64 Å². The molecule has 0 atom stereocenters. The second-order valence-electron chi connectivity index (χ2n) is 6.86. The van der Waals surface area contributed by atoms with E-state index >= 15 is 0 Å². The highest BCUT2D eigenvalue weighted by atomic mass is 32.1. The van der Waals surface area contributed by atoms with Crippen LogP contribution in [0.15, 0.2) is 77.8 Å². The molecule has 5 nitrogen and oxygen atoms in total. The molecule has 2 aromatic carbocycles. The number of ether oxygens (including phenoxy) is 1. The van der Waals surface area contributed by atoms with E-state index in [1.54, 1.807) is 23.1 Å². The molecule has 152 valence electrons. The Morgan fingerprint density at radius 1 is 0.933 bits per heavy atom. The lowest BCUT2D eigenvalue weighted by Gasteiger charge is -2.22. The maximum Gasteiger partial charge on any atom is 0.282 e. The van der Waals surface area contributed by atoms with Crippen molar-refractivity contribution >= 4 is 40.1 Å². The van der Waals surface area contributed by atoms with E-state index in [9.17, 15) is 9.59 Å². The number of anilines is 2. The van der Waals surface area contributed by atoms with Gasteiger partial charge in [-0.3, -0.25) is 9.59 Å². The Hall–Kier alpha value is -3.38. The van der Waals surface area contributed by atoms with Crippen molar-refractivity contribution in [2.75, 3.05) is 23.5 Å². The predicted octanol–water partition coefficient (Wildman–Crippen LogP) is 4.96. The molecule has 0 fully saturated rings. The molecule has 3 aromatic rings. The molecule has 6 heteroatoms. The summed E-state index contributed by atoms with van der Waals surface area (Å²) in [6, 6.07) is 20.5. The lowest BCUT2D eigenvalue weighted by atomic mass is 10.1. The second-order valence-corrected chi connectivity index (χ2v) is 7.81. The monoisotopic (exact) mass is 418 g/mol. The topological polar surface area (TPSA) is 49.9 Å². The minimum absolute atomic E-state index is 0.340. The molecular formula is C24H22N2O3S. The molecule has 30 heavy (non-hydrogen) atoms. The molecule has 1 aliphatic heterocycles. The summed E-state index contributed by atoms with van der Waals surface area (Å²) < 4.78 is 5.83. The number of benzene rings is 2. The van der Waals surface area contributed by atoms with Gasteiger partial charge in [0.25, 0.3) is 11.8 Å². The van der Waals surface area contributed by atoms with E-state index < -0.39 is 0 Å². The van der Waals surface area contributed by atoms with Crippen LogP contribution in [0.4, 0.5) is 11.4 Å². The highest BCUT2D eigenvalue weighted by Crippen LogP contribution is 2.40. The van der Waals surface area contributed by atoms with Crippen molar-refractivity contribution in [3.63, 3.8) is 0 Å². The van der Waals surface area contributed by atoms with Gasteiger partial charge in [-0.25, -0.2) is 4.90 Å². The molecule has 4 rings (SSSR count). The van der Waals surface area contributed by atoms with E-state index in [0.717, 1.165) is 17.0 Å². The molecule has 0 spiro atoms. The molecule has 0 N–H and O–H groups in total. The van der Waals surface area contributed by atoms with Gasteiger partial charge in [0.05, 0.1) is 17.9 Å². The van der Waals surface area contributed by atoms with Gasteiger partial charge in [0, 0.05) is 17.6 Å². The molecule has 2 amide bonds. The fraction of sp³-hybridized carbons (Fsp3) is 0.167. The average molecular weight is 419 g/mol. The summed E-state index contributed by atoms with van der Waals surface area (Å²) in [5.41, 5.74) is 2.07. The molecular weight excluding hydrogens is 396 g/mol. The fourth-order valence-corrected chi connectivity index (χ4v) is 4.21. The van der Waals surface area contributed by atoms with Gasteiger partial charge in [0.1, 0.15) is 11.4 Å². The normalized spacial score (nSPS) is 13.9. The summed E-state index contributed by atoms with van der Waals surface area (Å²) in [7, 11) is 1.81. The highest BCUT2D eigenvalue weighted by Gasteiger charge is 2.43. The number of thiophene rings is 1. The zero-order valence-corrected chi connectivity index (χ0v) is 17.7. The molecule has 0 bridgehead atoms. The van der Waals surface area contributed by atoms with E-state index in [1.807, 2.05) is 67.9 Å². The summed E-state index contributed by atoms with van der Waals surface area (Å²) in [6.07, 6.45) is 0.830. The first-order valence-corrected chi connectivity index (χ1v) is 10.7. The van der Waals surface area contributed by atoms with Gasteiger partial charge in [-0.1, -0.05) is 43.3 Å². The molecule has 0 saturated carbocycles. The van der Waals surface area contributed by atoms with Crippen LogP contribution in [0.1, 0.15) is 18.2 Å². The number of imide groups is 1. The van der Waals surface area contributed by atoms with E-state index in [0.29, 0.717) is 29.3 Å². The van der Waals surface area contributed by atoms with Crippen molar-refractivity contribution in [2.24, 2.45) is 0 Å². The maximum absolute atomic E-state index is 13.6. The number of amides is 2. The quantitative estimate of drug-likeness (QED) is 0.509. The molecule has 1 aromatic heterocycles. The molecule has 1 aliphatic rings. The zero-order valence-electron chi connectivity index (χ0n) is 16.9. The van der Waals surface area contributed by atoms with Crippen LogP contribution < -0.4 is 14.5 Å². The summed E-state index contributed by atoms with van der Waals surface area (Å²) in [5, 5.41) is 1.90. The van der Waals surface area contributed by atoms with Crippen LogP contribution in [0.5, 0.6) is 5.75 Å². The summed E-state index contributed by atoms with van der Waals surface area (Å²) in [4.78, 5) is 31.0. The Kier molecular flexibility index (Phi) is 5.68. The SMILES string of the molecule is CCCOc1ccccc1N1C(=O)C(c2cccs2)=C(N(C)c2ccccc2)C1=O. The largest absolute Gasteiger partial charge is 0.491 e. The predicted molar refractivity (Wildman–Crippen MR) is 121 cm³/mol. The number of carbonyl (C=O) groups excluding carboxylic acids is 2. The van der Waals surface area contributed by atoms with Crippen LogP contribution in [0.3, 0.4) is 0 Å². The minimum Gasteiger partial charge on any atom is -0.491 e. The number of carbonyl (C=O) groups is 2. The van der Waals surface area contributed by atoms with E-state index in [2.05, 4.69) is 0 Å². The highest BCUT2D eigenvalue weighted by molar-refractivity contribution is 7.11. The standard InChI is InChI=1S/C24H22N2O3S/c1-3-15-29-19-13-8-7-12-18(19)26-23(27)21(20-14-9-16-30-20)22(24(26)28)25(2)17-10-5-4-6-11-17/h4-14,16H,3,15H2,1-2H3. The van der Waals surface area contributed by atoms with Crippen LogP contribution in [0.25, 0.3) is 5.57 Å². The molecule has 0 unspecified atom stereocenters. The van der Waals surface area contributed by atoms with Crippen molar-refractivity contribution in [1.29, 1.82) is 0 Å². The van der Waals surface area contributed by atoms with E-state index in [4.69, 9.17) is 4.74 Å². The number of rotatable bonds is 7. The van der Waals surface area contributed by atoms with Gasteiger partial charge in [-0.05, 0) is 42.1 Å². The Balaban J connectivity index is 1.82. The first-order chi connectivity index (χ1) is 14.6. The van der Waals surface area contributed by atoms with Crippen LogP contribution >= 0.6 is 11.3 Å². The van der Waals surface area contributed by atoms with Crippen LogP contribution in [0, 0.1) is 0 Å². The zero-order chi connectivity index (χ0) is 21.1. The minimum atomic E-state index is -0.359. The number of para-hydroxylation sites is 3. The Bertz CT molecular complexity index is 1090. The third kappa shape index (κ3) is 3.50. The Labute approximate surface area is 179 Å². The van der Waals surface area contributed by atoms with Gasteiger partial charge in [-0.15, -0.1) is 11.3 Å². The molecule has 2 heterocycles. The lowest BCUT2D eigenvalue weighted by Crippen LogP contribution is -2.34. The number of hydrogen-bond acceptors (Lipinski definition) is 5. The fourth-order valence-electron chi connectivity index (χ4n) is 3.45. The van der Waals surface area contributed by atoms with Crippen molar-refractivity contribution in [2.45, 2.75) is 13.3 Å². The number of hydrogen-bond donors (Lipinski definition) is 0. The van der Waals surface area contributed by atoms with Crippen LogP contribution in [-0.4, -0.2) is 25.5 Å². The smallest absolute Gasteiger partial charge is 0.282 e. The van der Waals surface area contributed by atoms with E-state index in [1.165, 1.54) is 16.2 Å². The molecule has 0 saturated heterocycles. The van der Waals surface area contributed by atoms with E-state index in [-0.39, 0.29) is 11.8 Å². The lowest BCUT2D eigenvalue weighted by molar-refractivity contribution is -0.120. The third-order valence-electron chi connectivity index (χ3n) is 4.87.